The van der Waals surface area contributed by atoms with Gasteiger partial charge in [-0.3, -0.25) is 4.90 Å². The second-order valence-corrected chi connectivity index (χ2v) is 5.96. The van der Waals surface area contributed by atoms with E-state index in [-0.39, 0.29) is 5.82 Å². The molecular formula is C15H22ClFN2. The average Bonchev–Trinajstić information content (AvgIpc) is 2.85. The third-order valence-corrected chi connectivity index (χ3v) is 4.10. The van der Waals surface area contributed by atoms with Gasteiger partial charge in [0.1, 0.15) is 5.82 Å². The van der Waals surface area contributed by atoms with Crippen molar-refractivity contribution in [3.63, 3.8) is 0 Å². The Hall–Kier alpha value is -0.640. The van der Waals surface area contributed by atoms with Crippen LogP contribution in [0.15, 0.2) is 18.2 Å². The summed E-state index contributed by atoms with van der Waals surface area (Å²) in [6.07, 6.45) is 2.47. The molecule has 0 amide bonds. The van der Waals surface area contributed by atoms with Gasteiger partial charge in [-0.2, -0.15) is 0 Å². The molecular weight excluding hydrogens is 263 g/mol. The van der Waals surface area contributed by atoms with Gasteiger partial charge in [0.15, 0.2) is 0 Å². The summed E-state index contributed by atoms with van der Waals surface area (Å²) in [6, 6.07) is 5.55. The van der Waals surface area contributed by atoms with Crippen LogP contribution in [-0.2, 0) is 6.54 Å². The lowest BCUT2D eigenvalue weighted by Gasteiger charge is -2.29. The van der Waals surface area contributed by atoms with E-state index in [1.54, 1.807) is 12.1 Å². The van der Waals surface area contributed by atoms with E-state index in [2.05, 4.69) is 24.1 Å². The van der Waals surface area contributed by atoms with E-state index in [1.165, 1.54) is 18.9 Å². The van der Waals surface area contributed by atoms with Crippen molar-refractivity contribution in [1.82, 2.24) is 10.2 Å². The summed E-state index contributed by atoms with van der Waals surface area (Å²) in [5.41, 5.74) is 0.869. The highest BCUT2D eigenvalue weighted by Gasteiger charge is 2.20. The molecule has 1 aliphatic heterocycles. The predicted molar refractivity (Wildman–Crippen MR) is 78.0 cm³/mol. The van der Waals surface area contributed by atoms with Crippen LogP contribution in [0, 0.1) is 5.82 Å². The lowest BCUT2D eigenvalue weighted by Crippen LogP contribution is -2.40. The molecule has 1 saturated heterocycles. The highest BCUT2D eigenvalue weighted by atomic mass is 35.5. The number of hydrogen-bond acceptors (Lipinski definition) is 2. The summed E-state index contributed by atoms with van der Waals surface area (Å²) in [5.74, 6) is -0.220. The fourth-order valence-corrected chi connectivity index (χ4v) is 2.71. The molecule has 2 nitrogen and oxygen atoms in total. The van der Waals surface area contributed by atoms with E-state index in [9.17, 15) is 4.39 Å². The molecule has 2 rings (SSSR count). The van der Waals surface area contributed by atoms with E-state index in [1.807, 2.05) is 0 Å². The van der Waals surface area contributed by atoms with Crippen molar-refractivity contribution in [3.05, 3.63) is 34.6 Å². The zero-order valence-corrected chi connectivity index (χ0v) is 12.4. The maximum atomic E-state index is 13.3. The van der Waals surface area contributed by atoms with Crippen LogP contribution in [0.5, 0.6) is 0 Å². The van der Waals surface area contributed by atoms with E-state index in [0.717, 1.165) is 18.7 Å². The maximum absolute atomic E-state index is 13.3. The Bertz CT molecular complexity index is 417. The minimum absolute atomic E-state index is 0.220. The Kier molecular flexibility index (Phi) is 5.20. The highest BCUT2D eigenvalue weighted by Crippen LogP contribution is 2.21. The van der Waals surface area contributed by atoms with Gasteiger partial charge in [0.2, 0.25) is 0 Å². The van der Waals surface area contributed by atoms with Gasteiger partial charge in [-0.1, -0.05) is 11.6 Å². The number of nitrogens with zero attached hydrogens (tertiary/aromatic N) is 1. The molecule has 1 aliphatic rings. The van der Waals surface area contributed by atoms with E-state index in [4.69, 9.17) is 11.6 Å². The summed E-state index contributed by atoms with van der Waals surface area (Å²) in [4.78, 5) is 2.35. The van der Waals surface area contributed by atoms with Crippen LogP contribution in [0.4, 0.5) is 4.39 Å². The van der Waals surface area contributed by atoms with Crippen LogP contribution < -0.4 is 5.32 Å². The number of benzene rings is 1. The molecule has 1 aromatic carbocycles. The third-order valence-electron chi connectivity index (χ3n) is 3.73. The number of nitrogens with one attached hydrogen (secondary N) is 1. The van der Waals surface area contributed by atoms with Gasteiger partial charge in [0, 0.05) is 30.2 Å². The second kappa shape index (κ2) is 6.69. The second-order valence-electron chi connectivity index (χ2n) is 5.55. The first-order valence-electron chi connectivity index (χ1n) is 6.97. The average molecular weight is 285 g/mol. The predicted octanol–water partition coefficient (Wildman–Crippen LogP) is 3.44. The van der Waals surface area contributed by atoms with Crippen molar-refractivity contribution in [3.8, 4) is 0 Å². The monoisotopic (exact) mass is 284 g/mol. The lowest BCUT2D eigenvalue weighted by molar-refractivity contribution is 0.194. The van der Waals surface area contributed by atoms with E-state index < -0.39 is 0 Å². The van der Waals surface area contributed by atoms with Crippen LogP contribution in [0.1, 0.15) is 32.3 Å². The van der Waals surface area contributed by atoms with E-state index in [0.29, 0.717) is 23.7 Å². The Labute approximate surface area is 119 Å². The molecule has 1 unspecified atom stereocenters. The van der Waals surface area contributed by atoms with Crippen LogP contribution in [-0.4, -0.2) is 30.1 Å². The molecule has 0 saturated carbocycles. The Balaban J connectivity index is 2.04. The molecule has 1 aromatic rings. The molecule has 0 aliphatic carbocycles. The minimum atomic E-state index is -0.220. The normalized spacial score (nSPS) is 19.6. The van der Waals surface area contributed by atoms with E-state index >= 15 is 0 Å². The molecule has 0 bridgehead atoms. The fourth-order valence-electron chi connectivity index (χ4n) is 2.54. The summed E-state index contributed by atoms with van der Waals surface area (Å²) >= 11 is 6.15. The van der Waals surface area contributed by atoms with Crippen molar-refractivity contribution in [2.75, 3.05) is 13.1 Å². The molecule has 0 spiro atoms. The van der Waals surface area contributed by atoms with Gasteiger partial charge < -0.3 is 5.32 Å². The number of hydrogen-bond donors (Lipinski definition) is 1. The Morgan fingerprint density at radius 1 is 1.47 bits per heavy atom. The van der Waals surface area contributed by atoms with Gasteiger partial charge in [0.25, 0.3) is 0 Å². The fraction of sp³-hybridized carbons (Fsp3) is 0.600. The van der Waals surface area contributed by atoms with Crippen LogP contribution in [0.3, 0.4) is 0 Å². The molecule has 0 radical (unpaired) electrons. The van der Waals surface area contributed by atoms with Crippen LogP contribution >= 0.6 is 11.6 Å². The van der Waals surface area contributed by atoms with Crippen molar-refractivity contribution in [2.45, 2.75) is 45.3 Å². The Morgan fingerprint density at radius 3 is 2.89 bits per heavy atom. The van der Waals surface area contributed by atoms with Crippen molar-refractivity contribution in [1.29, 1.82) is 0 Å². The summed E-state index contributed by atoms with van der Waals surface area (Å²) in [6.45, 7) is 7.14. The first-order chi connectivity index (χ1) is 9.06. The molecule has 19 heavy (non-hydrogen) atoms. The smallest absolute Gasteiger partial charge is 0.123 e. The van der Waals surface area contributed by atoms with Gasteiger partial charge in [-0.25, -0.2) is 4.39 Å². The van der Waals surface area contributed by atoms with Gasteiger partial charge in [0.05, 0.1) is 0 Å². The zero-order chi connectivity index (χ0) is 13.8. The standard InChI is InChI=1S/C15H22ClFN2/c1-11(2)19(10-14-4-3-7-18-14)9-12-8-13(17)5-6-15(12)16/h5-6,8,11,14,18H,3-4,7,9-10H2,1-2H3. The molecule has 1 atom stereocenters. The van der Waals surface area contributed by atoms with Crippen molar-refractivity contribution in [2.24, 2.45) is 0 Å². The zero-order valence-electron chi connectivity index (χ0n) is 11.6. The quantitative estimate of drug-likeness (QED) is 0.891. The Morgan fingerprint density at radius 2 is 2.26 bits per heavy atom. The highest BCUT2D eigenvalue weighted by molar-refractivity contribution is 6.31. The van der Waals surface area contributed by atoms with Crippen LogP contribution in [0.25, 0.3) is 0 Å². The lowest BCUT2D eigenvalue weighted by atomic mass is 10.1. The van der Waals surface area contributed by atoms with Crippen molar-refractivity contribution >= 4 is 11.6 Å². The van der Waals surface area contributed by atoms with Crippen LogP contribution in [0.2, 0.25) is 5.02 Å². The van der Waals surface area contributed by atoms with Gasteiger partial charge >= 0.3 is 0 Å². The molecule has 1 N–H and O–H groups in total. The topological polar surface area (TPSA) is 15.3 Å². The maximum Gasteiger partial charge on any atom is 0.123 e. The van der Waals surface area contributed by atoms with Crippen molar-refractivity contribution < 1.29 is 4.39 Å². The first-order valence-corrected chi connectivity index (χ1v) is 7.35. The largest absolute Gasteiger partial charge is 0.313 e. The number of halogens is 2. The molecule has 106 valence electrons. The molecule has 0 aromatic heterocycles. The third kappa shape index (κ3) is 4.16. The molecule has 1 fully saturated rings. The summed E-state index contributed by atoms with van der Waals surface area (Å²) in [7, 11) is 0. The first kappa shape index (κ1) is 14.8. The summed E-state index contributed by atoms with van der Waals surface area (Å²) in [5, 5.41) is 4.15. The molecule has 1 heterocycles. The SMILES string of the molecule is CC(C)N(Cc1cc(F)ccc1Cl)CC1CCCN1. The minimum Gasteiger partial charge on any atom is -0.313 e. The number of rotatable bonds is 5. The van der Waals surface area contributed by atoms with Gasteiger partial charge in [-0.05, 0) is 57.0 Å². The molecule has 4 heteroatoms. The summed E-state index contributed by atoms with van der Waals surface area (Å²) < 4.78 is 13.3. The van der Waals surface area contributed by atoms with Gasteiger partial charge in [-0.15, -0.1) is 0 Å².